The molecule has 2 aliphatic heterocycles. The molecule has 0 radical (unpaired) electrons. The number of hydrogen-bond donors (Lipinski definition) is 2. The summed E-state index contributed by atoms with van der Waals surface area (Å²) in [7, 11) is 0. The fraction of sp³-hybridized carbons (Fsp3) is 0.292. The maximum absolute atomic E-state index is 13.1. The zero-order valence-corrected chi connectivity index (χ0v) is 17.8. The Kier molecular flexibility index (Phi) is 6.21. The summed E-state index contributed by atoms with van der Waals surface area (Å²) < 4.78 is 0. The van der Waals surface area contributed by atoms with E-state index >= 15 is 0 Å². The van der Waals surface area contributed by atoms with Gasteiger partial charge in [-0.2, -0.15) is 0 Å². The quantitative estimate of drug-likeness (QED) is 0.613. The summed E-state index contributed by atoms with van der Waals surface area (Å²) in [4.78, 5) is 63.7. The van der Waals surface area contributed by atoms with Crippen molar-refractivity contribution >= 4 is 29.6 Å². The van der Waals surface area contributed by atoms with E-state index in [2.05, 4.69) is 5.32 Å². The molecule has 2 aromatic carbocycles. The van der Waals surface area contributed by atoms with Gasteiger partial charge in [0.2, 0.25) is 11.8 Å². The lowest BCUT2D eigenvalue weighted by atomic mass is 10.0. The van der Waals surface area contributed by atoms with Crippen LogP contribution < -0.4 is 5.32 Å². The number of amides is 4. The van der Waals surface area contributed by atoms with E-state index in [1.54, 1.807) is 12.1 Å². The van der Waals surface area contributed by atoms with E-state index in [4.69, 9.17) is 0 Å². The van der Waals surface area contributed by atoms with Crippen LogP contribution in [0.4, 0.5) is 0 Å². The highest BCUT2D eigenvalue weighted by Gasteiger charge is 2.39. The number of piperidine rings is 1. The Labute approximate surface area is 190 Å². The van der Waals surface area contributed by atoms with Crippen molar-refractivity contribution in [3.63, 3.8) is 0 Å². The first-order valence-electron chi connectivity index (χ1n) is 10.7. The van der Waals surface area contributed by atoms with Crippen molar-refractivity contribution in [2.75, 3.05) is 13.1 Å². The van der Waals surface area contributed by atoms with Gasteiger partial charge in [0, 0.05) is 30.6 Å². The number of nitrogens with one attached hydrogen (secondary N) is 1. The lowest BCUT2D eigenvalue weighted by Gasteiger charge is -2.29. The summed E-state index contributed by atoms with van der Waals surface area (Å²) in [5, 5.41) is 11.5. The van der Waals surface area contributed by atoms with Crippen molar-refractivity contribution < 1.29 is 29.1 Å². The SMILES string of the molecule is O=C(O)CN(CCc1ccccc1)C(=O)c1ccc2c(c1)C(=O)N(C1CCC(=O)NC1=O)C2. The first-order chi connectivity index (χ1) is 15.8. The molecule has 0 spiro atoms. The van der Waals surface area contributed by atoms with Crippen molar-refractivity contribution in [2.45, 2.75) is 31.8 Å². The van der Waals surface area contributed by atoms with Gasteiger partial charge in [0.25, 0.3) is 11.8 Å². The van der Waals surface area contributed by atoms with Crippen LogP contribution in [0.3, 0.4) is 0 Å². The van der Waals surface area contributed by atoms with Gasteiger partial charge in [-0.15, -0.1) is 0 Å². The molecular formula is C24H23N3O6. The van der Waals surface area contributed by atoms with Gasteiger partial charge >= 0.3 is 5.97 Å². The Bertz CT molecular complexity index is 1130. The van der Waals surface area contributed by atoms with Crippen LogP contribution in [0.25, 0.3) is 0 Å². The molecule has 0 aliphatic carbocycles. The number of carbonyl (C=O) groups excluding carboxylic acids is 4. The van der Waals surface area contributed by atoms with Crippen molar-refractivity contribution in [1.82, 2.24) is 15.1 Å². The molecule has 0 bridgehead atoms. The van der Waals surface area contributed by atoms with Gasteiger partial charge in [-0.3, -0.25) is 29.3 Å². The molecule has 4 rings (SSSR count). The molecule has 2 aliphatic rings. The summed E-state index contributed by atoms with van der Waals surface area (Å²) in [6.07, 6.45) is 0.904. The number of hydrogen-bond acceptors (Lipinski definition) is 5. The van der Waals surface area contributed by atoms with Crippen LogP contribution in [0.5, 0.6) is 0 Å². The molecule has 1 fully saturated rings. The number of aliphatic carboxylic acids is 1. The molecule has 0 aromatic heterocycles. The monoisotopic (exact) mass is 449 g/mol. The second kappa shape index (κ2) is 9.23. The Balaban J connectivity index is 1.51. The molecule has 33 heavy (non-hydrogen) atoms. The van der Waals surface area contributed by atoms with E-state index in [1.165, 1.54) is 15.9 Å². The predicted molar refractivity (Wildman–Crippen MR) is 116 cm³/mol. The molecule has 2 heterocycles. The standard InChI is InChI=1S/C24H23N3O6/c28-20-9-8-19(22(31)25-20)27-13-17-7-6-16(12-18(17)24(27)33)23(32)26(14-21(29)30)11-10-15-4-2-1-3-5-15/h1-7,12,19H,8-11,13-14H2,(H,29,30)(H,25,28,31). The molecule has 2 aromatic rings. The normalized spacial score (nSPS) is 17.5. The highest BCUT2D eigenvalue weighted by molar-refractivity contribution is 6.06. The Morgan fingerprint density at radius 2 is 1.85 bits per heavy atom. The van der Waals surface area contributed by atoms with E-state index in [0.29, 0.717) is 17.5 Å². The molecule has 1 unspecified atom stereocenters. The van der Waals surface area contributed by atoms with Crippen LogP contribution in [0.1, 0.15) is 44.7 Å². The van der Waals surface area contributed by atoms with Crippen molar-refractivity contribution in [2.24, 2.45) is 0 Å². The predicted octanol–water partition coefficient (Wildman–Crippen LogP) is 1.22. The van der Waals surface area contributed by atoms with Crippen LogP contribution in [0.2, 0.25) is 0 Å². The smallest absolute Gasteiger partial charge is 0.323 e. The molecule has 1 saturated heterocycles. The second-order valence-electron chi connectivity index (χ2n) is 8.13. The third-order valence-corrected chi connectivity index (χ3v) is 5.90. The number of carboxylic acid groups (broad SMARTS) is 1. The van der Waals surface area contributed by atoms with Gasteiger partial charge in [-0.05, 0) is 36.1 Å². The molecule has 170 valence electrons. The Morgan fingerprint density at radius 1 is 1.09 bits per heavy atom. The first kappa shape index (κ1) is 22.2. The maximum Gasteiger partial charge on any atom is 0.323 e. The van der Waals surface area contributed by atoms with Crippen LogP contribution in [0.15, 0.2) is 48.5 Å². The summed E-state index contributed by atoms with van der Waals surface area (Å²) >= 11 is 0. The van der Waals surface area contributed by atoms with Crippen molar-refractivity contribution in [1.29, 1.82) is 0 Å². The van der Waals surface area contributed by atoms with E-state index in [1.807, 2.05) is 30.3 Å². The number of benzene rings is 2. The number of rotatable bonds is 7. The van der Waals surface area contributed by atoms with E-state index in [-0.39, 0.29) is 43.3 Å². The first-order valence-corrected chi connectivity index (χ1v) is 10.7. The van der Waals surface area contributed by atoms with Crippen LogP contribution in [-0.2, 0) is 27.3 Å². The summed E-state index contributed by atoms with van der Waals surface area (Å²) in [5.74, 6) is -2.86. The molecular weight excluding hydrogens is 426 g/mol. The molecule has 4 amide bonds. The summed E-state index contributed by atoms with van der Waals surface area (Å²) in [6, 6.07) is 13.4. The second-order valence-corrected chi connectivity index (χ2v) is 8.13. The number of imide groups is 1. The Morgan fingerprint density at radius 3 is 2.55 bits per heavy atom. The third kappa shape index (κ3) is 4.77. The van der Waals surface area contributed by atoms with E-state index < -0.39 is 30.4 Å². The topological polar surface area (TPSA) is 124 Å². The fourth-order valence-corrected chi connectivity index (χ4v) is 4.19. The largest absolute Gasteiger partial charge is 0.480 e. The van der Waals surface area contributed by atoms with Crippen molar-refractivity contribution in [3.05, 3.63) is 70.8 Å². The highest BCUT2D eigenvalue weighted by atomic mass is 16.4. The van der Waals surface area contributed by atoms with Gasteiger partial charge in [0.1, 0.15) is 12.6 Å². The molecule has 1 atom stereocenters. The van der Waals surface area contributed by atoms with Crippen LogP contribution in [-0.4, -0.2) is 63.6 Å². The zero-order chi connectivity index (χ0) is 23.5. The molecule has 0 saturated carbocycles. The number of carbonyl (C=O) groups is 5. The lowest BCUT2D eigenvalue weighted by Crippen LogP contribution is -2.52. The number of nitrogens with zero attached hydrogens (tertiary/aromatic N) is 2. The van der Waals surface area contributed by atoms with E-state index in [0.717, 1.165) is 5.56 Å². The van der Waals surface area contributed by atoms with Gasteiger partial charge in [-0.25, -0.2) is 0 Å². The Hall–Kier alpha value is -4.01. The minimum atomic E-state index is -1.13. The number of fused-ring (bicyclic) bond motifs is 1. The highest BCUT2D eigenvalue weighted by Crippen LogP contribution is 2.28. The van der Waals surface area contributed by atoms with Crippen LogP contribution >= 0.6 is 0 Å². The van der Waals surface area contributed by atoms with Gasteiger partial charge in [-0.1, -0.05) is 36.4 Å². The van der Waals surface area contributed by atoms with Gasteiger partial charge in [0.15, 0.2) is 0 Å². The van der Waals surface area contributed by atoms with E-state index in [9.17, 15) is 29.1 Å². The summed E-state index contributed by atoms with van der Waals surface area (Å²) in [5.41, 5.74) is 2.17. The lowest BCUT2D eigenvalue weighted by molar-refractivity contribution is -0.138. The van der Waals surface area contributed by atoms with Gasteiger partial charge in [0.05, 0.1) is 0 Å². The molecule has 9 heteroatoms. The minimum Gasteiger partial charge on any atom is -0.480 e. The number of carboxylic acids is 1. The third-order valence-electron chi connectivity index (χ3n) is 5.90. The average Bonchev–Trinajstić information content (AvgIpc) is 3.12. The average molecular weight is 449 g/mol. The van der Waals surface area contributed by atoms with Crippen molar-refractivity contribution in [3.8, 4) is 0 Å². The van der Waals surface area contributed by atoms with Crippen LogP contribution in [0, 0.1) is 0 Å². The zero-order valence-electron chi connectivity index (χ0n) is 17.8. The minimum absolute atomic E-state index is 0.159. The fourth-order valence-electron chi connectivity index (χ4n) is 4.19. The molecule has 9 nitrogen and oxygen atoms in total. The molecule has 2 N–H and O–H groups in total. The summed E-state index contributed by atoms with van der Waals surface area (Å²) in [6.45, 7) is -0.0383. The maximum atomic E-state index is 13.1. The van der Waals surface area contributed by atoms with Gasteiger partial charge < -0.3 is 14.9 Å².